The van der Waals surface area contributed by atoms with E-state index in [2.05, 4.69) is 20.1 Å². The Morgan fingerprint density at radius 3 is 0.841 bits per heavy atom. The van der Waals surface area contributed by atoms with Crippen molar-refractivity contribution in [3.05, 3.63) is 0 Å². The second kappa shape index (κ2) is 38.5. The van der Waals surface area contributed by atoms with Crippen molar-refractivity contribution in [2.45, 2.75) is 251 Å². The molecule has 0 aliphatic carbocycles. The van der Waals surface area contributed by atoms with E-state index in [0.717, 1.165) is 32.1 Å². The van der Waals surface area contributed by atoms with Gasteiger partial charge in [0.1, 0.15) is 5.78 Å². The number of Topliss-reactive ketones (excluding diaryl/α,β-unsaturated/α-hetero) is 1. The Kier molecular flexibility index (Phi) is 37.9. The number of hydrogen-bond acceptors (Lipinski definition) is 2. The fourth-order valence-electron chi connectivity index (χ4n) is 6.73. The Hall–Kier alpha value is -0.660. The summed E-state index contributed by atoms with van der Waals surface area (Å²) < 4.78 is 0. The van der Waals surface area contributed by atoms with Crippen LogP contribution in [-0.4, -0.2) is 12.1 Å². The molecule has 0 bridgehead atoms. The molecule has 0 aromatic rings. The van der Waals surface area contributed by atoms with E-state index in [1.807, 2.05) is 0 Å². The summed E-state index contributed by atoms with van der Waals surface area (Å²) in [6.07, 6.45) is 50.9. The number of unbranched alkanes of at least 4 members (excludes halogenated alkanes) is 33. The van der Waals surface area contributed by atoms with Crippen LogP contribution in [0.1, 0.15) is 251 Å². The second-order valence-electron chi connectivity index (χ2n) is 14.3. The van der Waals surface area contributed by atoms with Gasteiger partial charge in [-0.3, -0.25) is 9.59 Å². The molecule has 2 heteroatoms. The summed E-state index contributed by atoms with van der Waals surface area (Å²) in [5.74, 6) is -0.315. The van der Waals surface area contributed by atoms with Crippen molar-refractivity contribution in [2.75, 3.05) is 0 Å². The molecular formula is C42H81O2. The fourth-order valence-corrected chi connectivity index (χ4v) is 6.73. The van der Waals surface area contributed by atoms with Crippen molar-refractivity contribution in [1.29, 1.82) is 0 Å². The Labute approximate surface area is 278 Å². The number of ketones is 1. The summed E-state index contributed by atoms with van der Waals surface area (Å²) in [5, 5.41) is 0. The molecule has 0 saturated heterocycles. The van der Waals surface area contributed by atoms with Crippen LogP contribution >= 0.6 is 0 Å². The SMILES string of the molecule is CCCCCCCCCCCCCCCCCCCCC([C]=O)C(=O)CCCCCCCCCCCCCCCCCCC. The molecule has 0 aromatic carbocycles. The highest BCUT2D eigenvalue weighted by Crippen LogP contribution is 2.18. The van der Waals surface area contributed by atoms with Gasteiger partial charge in [-0.25, -0.2) is 0 Å². The van der Waals surface area contributed by atoms with E-state index in [9.17, 15) is 9.59 Å². The van der Waals surface area contributed by atoms with Gasteiger partial charge in [-0.15, -0.1) is 0 Å². The summed E-state index contributed by atoms with van der Waals surface area (Å²) in [7, 11) is 0. The first kappa shape index (κ1) is 43.3. The molecule has 1 radical (unpaired) electrons. The van der Waals surface area contributed by atoms with Gasteiger partial charge in [-0.05, 0) is 12.8 Å². The molecule has 1 atom stereocenters. The van der Waals surface area contributed by atoms with Gasteiger partial charge in [-0.2, -0.15) is 0 Å². The number of carbonyl (C=O) groups is 1. The van der Waals surface area contributed by atoms with Crippen molar-refractivity contribution >= 4 is 12.1 Å². The molecule has 0 spiro atoms. The molecule has 1 unspecified atom stereocenters. The van der Waals surface area contributed by atoms with E-state index in [1.54, 1.807) is 0 Å². The Balaban J connectivity index is 3.37. The van der Waals surface area contributed by atoms with Crippen LogP contribution in [0.5, 0.6) is 0 Å². The third-order valence-electron chi connectivity index (χ3n) is 9.90. The number of carbonyl (C=O) groups excluding carboxylic acids is 2. The molecule has 0 N–H and O–H groups in total. The lowest BCUT2D eigenvalue weighted by molar-refractivity contribution is -0.121. The molecule has 2 nitrogen and oxygen atoms in total. The highest BCUT2D eigenvalue weighted by atomic mass is 16.1. The Morgan fingerprint density at radius 2 is 0.591 bits per heavy atom. The molecule has 261 valence electrons. The highest BCUT2D eigenvalue weighted by molar-refractivity contribution is 5.93. The van der Waals surface area contributed by atoms with Crippen LogP contribution in [0.25, 0.3) is 0 Å². The van der Waals surface area contributed by atoms with Crippen LogP contribution in [0.2, 0.25) is 0 Å². The Bertz CT molecular complexity index is 556. The van der Waals surface area contributed by atoms with E-state index < -0.39 is 5.92 Å². The minimum atomic E-state index is -0.461. The van der Waals surface area contributed by atoms with Crippen molar-refractivity contribution in [3.63, 3.8) is 0 Å². The van der Waals surface area contributed by atoms with E-state index in [0.29, 0.717) is 6.42 Å². The van der Waals surface area contributed by atoms with E-state index in [1.165, 1.54) is 199 Å². The number of rotatable bonds is 39. The van der Waals surface area contributed by atoms with Crippen molar-refractivity contribution in [1.82, 2.24) is 0 Å². The third kappa shape index (κ3) is 34.2. The largest absolute Gasteiger partial charge is 0.299 e. The smallest absolute Gasteiger partial charge is 0.209 e. The van der Waals surface area contributed by atoms with Crippen molar-refractivity contribution in [2.24, 2.45) is 5.92 Å². The van der Waals surface area contributed by atoms with Crippen LogP contribution in [0.15, 0.2) is 0 Å². The van der Waals surface area contributed by atoms with Gasteiger partial charge in [0.05, 0.1) is 5.92 Å². The van der Waals surface area contributed by atoms with Crippen molar-refractivity contribution in [3.8, 4) is 0 Å². The van der Waals surface area contributed by atoms with Crippen LogP contribution in [0, 0.1) is 5.92 Å². The maximum Gasteiger partial charge on any atom is 0.209 e. The van der Waals surface area contributed by atoms with Gasteiger partial charge < -0.3 is 0 Å². The first-order valence-electron chi connectivity index (χ1n) is 20.7. The standard InChI is InChI=1S/C42H81O2/c1-3-5-7-9-11-13-15-17-19-21-23-24-26-28-30-32-34-36-38-41(40-43)42(44)39-37-35-33-31-29-27-25-22-20-18-16-14-12-10-8-6-4-2/h41H,3-39H2,1-2H3. The zero-order valence-corrected chi connectivity index (χ0v) is 30.6. The molecule has 0 rings (SSSR count). The summed E-state index contributed by atoms with van der Waals surface area (Å²) in [5.41, 5.74) is 0. The molecule has 44 heavy (non-hydrogen) atoms. The molecular weight excluding hydrogens is 536 g/mol. The van der Waals surface area contributed by atoms with Gasteiger partial charge in [0.25, 0.3) is 0 Å². The summed E-state index contributed by atoms with van der Waals surface area (Å²) in [4.78, 5) is 23.9. The monoisotopic (exact) mass is 618 g/mol. The lowest BCUT2D eigenvalue weighted by atomic mass is 9.94. The van der Waals surface area contributed by atoms with Crippen LogP contribution in [-0.2, 0) is 9.59 Å². The maximum absolute atomic E-state index is 12.5. The topological polar surface area (TPSA) is 34.1 Å². The van der Waals surface area contributed by atoms with Crippen LogP contribution in [0.3, 0.4) is 0 Å². The van der Waals surface area contributed by atoms with Crippen LogP contribution < -0.4 is 0 Å². The fraction of sp³-hybridized carbons (Fsp3) is 0.952. The lowest BCUT2D eigenvalue weighted by Gasteiger charge is -2.09. The average molecular weight is 618 g/mol. The Morgan fingerprint density at radius 1 is 0.364 bits per heavy atom. The van der Waals surface area contributed by atoms with Gasteiger partial charge in [0.2, 0.25) is 6.29 Å². The summed E-state index contributed by atoms with van der Waals surface area (Å²) >= 11 is 0. The molecule has 0 amide bonds. The predicted molar refractivity (Wildman–Crippen MR) is 196 cm³/mol. The van der Waals surface area contributed by atoms with Gasteiger partial charge in [-0.1, -0.05) is 232 Å². The first-order chi connectivity index (χ1) is 21.8. The molecule has 0 aliphatic rings. The van der Waals surface area contributed by atoms with E-state index >= 15 is 0 Å². The first-order valence-corrected chi connectivity index (χ1v) is 20.7. The molecule has 0 fully saturated rings. The molecule has 0 aromatic heterocycles. The normalized spacial score (nSPS) is 12.1. The van der Waals surface area contributed by atoms with E-state index in [-0.39, 0.29) is 5.78 Å². The average Bonchev–Trinajstić information content (AvgIpc) is 3.03. The maximum atomic E-state index is 12.5. The minimum absolute atomic E-state index is 0.146. The zero-order chi connectivity index (χ0) is 32.0. The summed E-state index contributed by atoms with van der Waals surface area (Å²) in [6, 6.07) is 0. The van der Waals surface area contributed by atoms with E-state index in [4.69, 9.17) is 0 Å². The predicted octanol–water partition coefficient (Wildman–Crippen LogP) is 14.8. The second-order valence-corrected chi connectivity index (χ2v) is 14.3. The lowest BCUT2D eigenvalue weighted by Crippen LogP contribution is -2.15. The van der Waals surface area contributed by atoms with Gasteiger partial charge >= 0.3 is 0 Å². The van der Waals surface area contributed by atoms with Gasteiger partial charge in [0, 0.05) is 6.42 Å². The third-order valence-corrected chi connectivity index (χ3v) is 9.90. The zero-order valence-electron chi connectivity index (χ0n) is 30.6. The molecule has 0 heterocycles. The molecule has 0 saturated carbocycles. The van der Waals surface area contributed by atoms with Crippen molar-refractivity contribution < 1.29 is 9.59 Å². The highest BCUT2D eigenvalue weighted by Gasteiger charge is 2.17. The van der Waals surface area contributed by atoms with Crippen LogP contribution in [0.4, 0.5) is 0 Å². The van der Waals surface area contributed by atoms with Gasteiger partial charge in [0.15, 0.2) is 0 Å². The number of hydrogen-bond donors (Lipinski definition) is 0. The quantitative estimate of drug-likeness (QED) is 0.0508. The minimum Gasteiger partial charge on any atom is -0.299 e. The molecule has 0 aliphatic heterocycles. The summed E-state index contributed by atoms with van der Waals surface area (Å²) in [6.45, 7) is 4.58.